The van der Waals surface area contributed by atoms with Gasteiger partial charge in [0.15, 0.2) is 0 Å². The number of alkyl halides is 1. The molecule has 1 N–H and O–H groups in total. The van der Waals surface area contributed by atoms with Crippen LogP contribution in [0.15, 0.2) is 48.7 Å². The van der Waals surface area contributed by atoms with Crippen LogP contribution in [0.25, 0.3) is 10.9 Å². The summed E-state index contributed by atoms with van der Waals surface area (Å²) in [4.78, 5) is 17.0. The number of halogens is 1. The lowest BCUT2D eigenvalue weighted by atomic mass is 9.87. The summed E-state index contributed by atoms with van der Waals surface area (Å²) < 4.78 is 0. The van der Waals surface area contributed by atoms with Gasteiger partial charge in [0, 0.05) is 28.6 Å². The first-order valence-corrected chi connectivity index (χ1v) is 11.0. The highest BCUT2D eigenvalue weighted by Gasteiger charge is 2.47. The smallest absolute Gasteiger partial charge is 0.229 e. The number of amides is 1. The van der Waals surface area contributed by atoms with Gasteiger partial charge >= 0.3 is 0 Å². The third-order valence-electron chi connectivity index (χ3n) is 6.30. The van der Waals surface area contributed by atoms with Crippen molar-refractivity contribution in [3.8, 4) is 0 Å². The van der Waals surface area contributed by atoms with E-state index in [-0.39, 0.29) is 11.3 Å². The number of aryl methyl sites for hydroxylation is 1. The predicted molar refractivity (Wildman–Crippen MR) is 124 cm³/mol. The van der Waals surface area contributed by atoms with Gasteiger partial charge in [-0.15, -0.1) is 11.6 Å². The van der Waals surface area contributed by atoms with Gasteiger partial charge in [-0.25, -0.2) is 0 Å². The Morgan fingerprint density at radius 3 is 2.52 bits per heavy atom. The number of nitrogens with one attached hydrogen (secondary N) is 1. The molecule has 1 aromatic heterocycles. The molecule has 148 valence electrons. The molecule has 3 nitrogen and oxygen atoms in total. The maximum Gasteiger partial charge on any atom is 0.229 e. The number of hydrogen-bond acceptors (Lipinski definition) is 2. The largest absolute Gasteiger partial charge is 0.326 e. The highest BCUT2D eigenvalue weighted by molar-refractivity contribution is 6.17. The molecular formula is C24H26BClN2O. The van der Waals surface area contributed by atoms with E-state index in [0.29, 0.717) is 5.88 Å². The second-order valence-corrected chi connectivity index (χ2v) is 8.32. The van der Waals surface area contributed by atoms with Crippen molar-refractivity contribution in [2.45, 2.75) is 44.8 Å². The topological polar surface area (TPSA) is 42.0 Å². The van der Waals surface area contributed by atoms with Crippen LogP contribution in [0.5, 0.6) is 0 Å². The van der Waals surface area contributed by atoms with E-state index in [4.69, 9.17) is 11.6 Å². The standard InChI is InChI=1S/C24H26BClN2O/c1-2-17-13-22-21(12-19(17)14-26)18(7-10-27-22)11-16-3-5-20(6-4-16)28-23(29)24(15-25)8-9-24/h3-7,10,12-13H,2,8-9,11,14-15,25H2,1H3,(H,28,29). The van der Waals surface area contributed by atoms with E-state index in [1.165, 1.54) is 22.3 Å². The monoisotopic (exact) mass is 404 g/mol. The molecule has 1 amide bonds. The molecule has 0 spiro atoms. The van der Waals surface area contributed by atoms with E-state index in [2.05, 4.69) is 55.4 Å². The Balaban J connectivity index is 1.55. The Labute approximate surface area is 178 Å². The molecule has 4 rings (SSSR count). The van der Waals surface area contributed by atoms with Crippen molar-refractivity contribution in [3.05, 3.63) is 70.9 Å². The molecule has 1 fully saturated rings. The van der Waals surface area contributed by atoms with E-state index in [9.17, 15) is 4.79 Å². The van der Waals surface area contributed by atoms with Gasteiger partial charge in [-0.2, -0.15) is 0 Å². The van der Waals surface area contributed by atoms with Crippen LogP contribution in [0.2, 0.25) is 6.32 Å². The van der Waals surface area contributed by atoms with E-state index in [1.54, 1.807) is 0 Å². The van der Waals surface area contributed by atoms with Crippen LogP contribution >= 0.6 is 11.6 Å². The minimum atomic E-state index is -0.119. The van der Waals surface area contributed by atoms with Crippen molar-refractivity contribution in [2.24, 2.45) is 5.41 Å². The van der Waals surface area contributed by atoms with Crippen molar-refractivity contribution in [1.82, 2.24) is 4.98 Å². The summed E-state index contributed by atoms with van der Waals surface area (Å²) in [7, 11) is 2.09. The minimum Gasteiger partial charge on any atom is -0.326 e. The van der Waals surface area contributed by atoms with E-state index in [1.807, 2.05) is 18.3 Å². The van der Waals surface area contributed by atoms with Crippen molar-refractivity contribution in [2.75, 3.05) is 5.32 Å². The minimum absolute atomic E-state index is 0.119. The SMILES string of the molecule is BCC1(C(=O)Nc2ccc(Cc3ccnc4cc(CC)c(CCl)cc34)cc2)CC1. The Kier molecular flexibility index (Phi) is 5.64. The first-order valence-electron chi connectivity index (χ1n) is 10.4. The van der Waals surface area contributed by atoms with Gasteiger partial charge in [-0.1, -0.05) is 25.4 Å². The molecule has 5 heteroatoms. The number of pyridine rings is 1. The maximum atomic E-state index is 12.4. The van der Waals surface area contributed by atoms with E-state index >= 15 is 0 Å². The number of aromatic nitrogens is 1. The second kappa shape index (κ2) is 8.20. The van der Waals surface area contributed by atoms with Gasteiger partial charge in [0.1, 0.15) is 7.85 Å². The van der Waals surface area contributed by atoms with Crippen LogP contribution in [-0.2, 0) is 23.5 Å². The maximum absolute atomic E-state index is 12.4. The third-order valence-corrected chi connectivity index (χ3v) is 6.58. The average Bonchev–Trinajstić information content (AvgIpc) is 3.56. The summed E-state index contributed by atoms with van der Waals surface area (Å²) in [6.07, 6.45) is 6.58. The quantitative estimate of drug-likeness (QED) is 0.449. The Morgan fingerprint density at radius 1 is 1.14 bits per heavy atom. The molecule has 0 bridgehead atoms. The first-order chi connectivity index (χ1) is 14.1. The Morgan fingerprint density at radius 2 is 1.90 bits per heavy atom. The zero-order chi connectivity index (χ0) is 20.4. The van der Waals surface area contributed by atoms with Crippen LogP contribution in [0.4, 0.5) is 5.69 Å². The molecule has 0 unspecified atom stereocenters. The molecule has 1 aliphatic carbocycles. The number of nitrogens with zero attached hydrogens (tertiary/aromatic N) is 1. The summed E-state index contributed by atoms with van der Waals surface area (Å²) in [5.74, 6) is 0.675. The van der Waals surface area contributed by atoms with Crippen LogP contribution in [-0.4, -0.2) is 18.7 Å². The molecule has 0 aliphatic heterocycles. The Bertz CT molecular complexity index is 1040. The predicted octanol–water partition coefficient (Wildman–Crippen LogP) is 4.90. The molecule has 1 aliphatic rings. The lowest BCUT2D eigenvalue weighted by Gasteiger charge is -2.14. The summed E-state index contributed by atoms with van der Waals surface area (Å²) in [6, 6.07) is 14.6. The molecule has 0 saturated heterocycles. The molecular weight excluding hydrogens is 379 g/mol. The number of benzene rings is 2. The summed E-state index contributed by atoms with van der Waals surface area (Å²) in [5, 5.41) is 4.24. The van der Waals surface area contributed by atoms with Crippen molar-refractivity contribution < 1.29 is 4.79 Å². The molecule has 1 saturated carbocycles. The lowest BCUT2D eigenvalue weighted by Crippen LogP contribution is -2.23. The fraction of sp³-hybridized carbons (Fsp3) is 0.333. The van der Waals surface area contributed by atoms with Crippen molar-refractivity contribution in [3.63, 3.8) is 0 Å². The highest BCUT2D eigenvalue weighted by atomic mass is 35.5. The Hall–Kier alpha value is -2.33. The fourth-order valence-corrected chi connectivity index (χ4v) is 4.28. The first kappa shape index (κ1) is 20.0. The number of carbonyl (C=O) groups excluding carboxylic acids is 1. The molecule has 29 heavy (non-hydrogen) atoms. The van der Waals surface area contributed by atoms with E-state index in [0.717, 1.165) is 48.6 Å². The average molecular weight is 405 g/mol. The number of fused-ring (bicyclic) bond motifs is 1. The summed E-state index contributed by atoms with van der Waals surface area (Å²) >= 11 is 6.17. The normalized spacial score (nSPS) is 14.7. The number of hydrogen-bond donors (Lipinski definition) is 1. The fourth-order valence-electron chi connectivity index (χ4n) is 4.03. The molecule has 2 aromatic carbocycles. The molecule has 0 radical (unpaired) electrons. The van der Waals surface area contributed by atoms with Crippen LogP contribution in [0.3, 0.4) is 0 Å². The van der Waals surface area contributed by atoms with Gasteiger partial charge in [0.25, 0.3) is 0 Å². The number of carbonyl (C=O) groups is 1. The van der Waals surface area contributed by atoms with Crippen molar-refractivity contribution in [1.29, 1.82) is 0 Å². The van der Waals surface area contributed by atoms with Gasteiger partial charge < -0.3 is 5.32 Å². The van der Waals surface area contributed by atoms with Gasteiger partial charge in [0.05, 0.1) is 5.52 Å². The summed E-state index contributed by atoms with van der Waals surface area (Å²) in [6.45, 7) is 2.15. The third kappa shape index (κ3) is 4.04. The van der Waals surface area contributed by atoms with Gasteiger partial charge in [-0.05, 0) is 78.3 Å². The summed E-state index contributed by atoms with van der Waals surface area (Å²) in [5.41, 5.74) is 6.66. The molecule has 1 heterocycles. The second-order valence-electron chi connectivity index (χ2n) is 8.06. The van der Waals surface area contributed by atoms with Crippen LogP contribution < -0.4 is 5.32 Å². The van der Waals surface area contributed by atoms with Crippen molar-refractivity contribution >= 4 is 41.9 Å². The zero-order valence-electron chi connectivity index (χ0n) is 17.1. The highest BCUT2D eigenvalue weighted by Crippen LogP contribution is 2.49. The van der Waals surface area contributed by atoms with E-state index < -0.39 is 0 Å². The van der Waals surface area contributed by atoms with Crippen LogP contribution in [0, 0.1) is 5.41 Å². The van der Waals surface area contributed by atoms with Crippen LogP contribution in [0.1, 0.15) is 42.0 Å². The van der Waals surface area contributed by atoms with Gasteiger partial charge in [0.2, 0.25) is 5.91 Å². The molecule has 3 aromatic rings. The lowest BCUT2D eigenvalue weighted by molar-refractivity contribution is -0.120. The number of rotatable bonds is 7. The number of anilines is 1. The van der Waals surface area contributed by atoms with Gasteiger partial charge in [-0.3, -0.25) is 9.78 Å². The molecule has 0 atom stereocenters. The zero-order valence-corrected chi connectivity index (χ0v) is 17.9.